The number of hydrogen-bond donors (Lipinski definition) is 1. The summed E-state index contributed by atoms with van der Waals surface area (Å²) in [6, 6.07) is 15.6. The largest absolute Gasteiger partial charge is 0.448 e. The number of ether oxygens (including phenoxy) is 1. The van der Waals surface area contributed by atoms with Crippen LogP contribution in [-0.2, 0) is 22.4 Å². The molecule has 3 aromatic rings. The number of esters is 1. The zero-order valence-electron chi connectivity index (χ0n) is 15.5. The minimum atomic E-state index is -0.914. The van der Waals surface area contributed by atoms with Crippen LogP contribution in [0.1, 0.15) is 35.0 Å². The van der Waals surface area contributed by atoms with E-state index in [1.54, 1.807) is 12.3 Å². The van der Waals surface area contributed by atoms with Crippen LogP contribution in [0.4, 0.5) is 5.69 Å². The van der Waals surface area contributed by atoms with Gasteiger partial charge < -0.3 is 10.1 Å². The maximum Gasteiger partial charge on any atom is 0.358 e. The first-order valence-corrected chi connectivity index (χ1v) is 10.1. The Labute approximate surface area is 167 Å². The first-order valence-electron chi connectivity index (χ1n) is 9.25. The summed E-state index contributed by atoms with van der Waals surface area (Å²) in [5.74, 6) is -0.958. The Kier molecular flexibility index (Phi) is 5.21. The lowest BCUT2D eigenvalue weighted by Crippen LogP contribution is -2.30. The fourth-order valence-electron chi connectivity index (χ4n) is 3.25. The summed E-state index contributed by atoms with van der Waals surface area (Å²) in [6.45, 7) is 1.56. The molecule has 4 rings (SSSR count). The van der Waals surface area contributed by atoms with E-state index in [0.717, 1.165) is 35.5 Å². The first-order chi connectivity index (χ1) is 13.6. The van der Waals surface area contributed by atoms with Crippen LogP contribution < -0.4 is 5.32 Å². The van der Waals surface area contributed by atoms with Gasteiger partial charge in [-0.25, -0.2) is 9.78 Å². The monoisotopic (exact) mass is 392 g/mol. The molecule has 2 aromatic carbocycles. The molecule has 0 unspecified atom stereocenters. The third kappa shape index (κ3) is 3.97. The van der Waals surface area contributed by atoms with E-state index in [2.05, 4.69) is 16.4 Å². The molecule has 5 nitrogen and oxygen atoms in total. The summed E-state index contributed by atoms with van der Waals surface area (Å²) >= 11 is 1.37. The van der Waals surface area contributed by atoms with Gasteiger partial charge in [0.15, 0.2) is 11.8 Å². The SMILES string of the molecule is C[C@@H](OC(=O)c1csc(-c2ccccc2)n1)C(=O)Nc1ccc2c(c1)CCC2. The summed E-state index contributed by atoms with van der Waals surface area (Å²) < 4.78 is 5.31. The molecule has 0 radical (unpaired) electrons. The molecule has 0 saturated heterocycles. The zero-order chi connectivity index (χ0) is 19.5. The number of benzene rings is 2. The van der Waals surface area contributed by atoms with Gasteiger partial charge in [0.1, 0.15) is 5.01 Å². The van der Waals surface area contributed by atoms with Crippen LogP contribution in [0.15, 0.2) is 53.9 Å². The molecule has 1 aromatic heterocycles. The Balaban J connectivity index is 1.37. The van der Waals surface area contributed by atoms with Gasteiger partial charge in [0, 0.05) is 16.6 Å². The Morgan fingerprint density at radius 2 is 1.89 bits per heavy atom. The minimum Gasteiger partial charge on any atom is -0.448 e. The standard InChI is InChI=1S/C22H20N2O3S/c1-14(20(25)23-18-11-10-15-8-5-9-17(15)12-18)27-22(26)19-13-28-21(24-19)16-6-3-2-4-7-16/h2-4,6-7,10-14H,5,8-9H2,1H3,(H,23,25)/t14-/m1/s1. The number of thiazole rings is 1. The zero-order valence-corrected chi connectivity index (χ0v) is 16.3. The minimum absolute atomic E-state index is 0.209. The number of nitrogens with zero attached hydrogens (tertiary/aromatic N) is 1. The van der Waals surface area contributed by atoms with E-state index in [4.69, 9.17) is 4.74 Å². The number of rotatable bonds is 5. The Bertz CT molecular complexity index is 1010. The fraction of sp³-hybridized carbons (Fsp3) is 0.227. The molecule has 1 atom stereocenters. The van der Waals surface area contributed by atoms with Crippen molar-refractivity contribution in [3.05, 3.63) is 70.7 Å². The average Bonchev–Trinajstić information content (AvgIpc) is 3.38. The highest BCUT2D eigenvalue weighted by molar-refractivity contribution is 7.13. The molecule has 6 heteroatoms. The number of amides is 1. The van der Waals surface area contributed by atoms with E-state index in [0.29, 0.717) is 0 Å². The molecule has 1 aliphatic rings. The van der Waals surface area contributed by atoms with Crippen molar-refractivity contribution in [2.24, 2.45) is 0 Å². The van der Waals surface area contributed by atoms with Crippen LogP contribution in [0.25, 0.3) is 10.6 Å². The van der Waals surface area contributed by atoms with Crippen molar-refractivity contribution in [1.29, 1.82) is 0 Å². The predicted octanol–water partition coefficient (Wildman–Crippen LogP) is 4.48. The second-order valence-corrected chi connectivity index (χ2v) is 7.64. The maximum absolute atomic E-state index is 12.4. The van der Waals surface area contributed by atoms with Gasteiger partial charge in [-0.3, -0.25) is 4.79 Å². The lowest BCUT2D eigenvalue weighted by Gasteiger charge is -2.13. The maximum atomic E-state index is 12.4. The Hall–Kier alpha value is -2.99. The van der Waals surface area contributed by atoms with Crippen molar-refractivity contribution in [3.63, 3.8) is 0 Å². The Morgan fingerprint density at radius 1 is 1.11 bits per heavy atom. The summed E-state index contributed by atoms with van der Waals surface area (Å²) in [4.78, 5) is 29.1. The molecule has 0 fully saturated rings. The number of aromatic nitrogens is 1. The topological polar surface area (TPSA) is 68.3 Å². The number of carbonyl (C=O) groups is 2. The lowest BCUT2D eigenvalue weighted by atomic mass is 10.1. The lowest BCUT2D eigenvalue weighted by molar-refractivity contribution is -0.123. The van der Waals surface area contributed by atoms with E-state index in [1.807, 2.05) is 42.5 Å². The van der Waals surface area contributed by atoms with Crippen molar-refractivity contribution < 1.29 is 14.3 Å². The van der Waals surface area contributed by atoms with Crippen LogP contribution in [-0.4, -0.2) is 23.0 Å². The molecule has 1 aliphatic carbocycles. The third-order valence-electron chi connectivity index (χ3n) is 4.75. The molecule has 0 spiro atoms. The molecule has 0 aliphatic heterocycles. The van der Waals surface area contributed by atoms with E-state index in [-0.39, 0.29) is 11.6 Å². The molecular formula is C22H20N2O3S. The smallest absolute Gasteiger partial charge is 0.358 e. The number of fused-ring (bicyclic) bond motifs is 1. The van der Waals surface area contributed by atoms with Gasteiger partial charge in [-0.05, 0) is 49.4 Å². The fourth-order valence-corrected chi connectivity index (χ4v) is 4.04. The van der Waals surface area contributed by atoms with Crippen LogP contribution >= 0.6 is 11.3 Å². The van der Waals surface area contributed by atoms with Gasteiger partial charge in [0.2, 0.25) is 0 Å². The van der Waals surface area contributed by atoms with Crippen molar-refractivity contribution >= 4 is 28.9 Å². The van der Waals surface area contributed by atoms with Crippen LogP contribution in [0.3, 0.4) is 0 Å². The normalized spacial score (nSPS) is 13.6. The number of nitrogens with one attached hydrogen (secondary N) is 1. The van der Waals surface area contributed by atoms with E-state index < -0.39 is 12.1 Å². The molecule has 1 amide bonds. The van der Waals surface area contributed by atoms with Crippen molar-refractivity contribution in [2.45, 2.75) is 32.3 Å². The summed E-state index contributed by atoms with van der Waals surface area (Å²) in [5, 5.41) is 5.21. The number of aryl methyl sites for hydroxylation is 2. The summed E-state index contributed by atoms with van der Waals surface area (Å²) in [6.07, 6.45) is 2.37. The molecule has 142 valence electrons. The third-order valence-corrected chi connectivity index (χ3v) is 5.64. The number of hydrogen-bond acceptors (Lipinski definition) is 5. The summed E-state index contributed by atoms with van der Waals surface area (Å²) in [5.41, 5.74) is 4.50. The number of anilines is 1. The highest BCUT2D eigenvalue weighted by Gasteiger charge is 2.22. The predicted molar refractivity (Wildman–Crippen MR) is 110 cm³/mol. The van der Waals surface area contributed by atoms with Gasteiger partial charge >= 0.3 is 5.97 Å². The molecule has 1 heterocycles. The summed E-state index contributed by atoms with van der Waals surface area (Å²) in [7, 11) is 0. The molecule has 1 N–H and O–H groups in total. The molecule has 28 heavy (non-hydrogen) atoms. The quantitative estimate of drug-likeness (QED) is 0.650. The van der Waals surface area contributed by atoms with Gasteiger partial charge in [-0.1, -0.05) is 36.4 Å². The highest BCUT2D eigenvalue weighted by atomic mass is 32.1. The van der Waals surface area contributed by atoms with E-state index >= 15 is 0 Å². The average molecular weight is 392 g/mol. The molecular weight excluding hydrogens is 372 g/mol. The highest BCUT2D eigenvalue weighted by Crippen LogP contribution is 2.26. The van der Waals surface area contributed by atoms with Crippen LogP contribution in [0, 0.1) is 0 Å². The van der Waals surface area contributed by atoms with Crippen molar-refractivity contribution in [2.75, 3.05) is 5.32 Å². The Morgan fingerprint density at radius 3 is 2.71 bits per heavy atom. The van der Waals surface area contributed by atoms with Gasteiger partial charge in [-0.2, -0.15) is 0 Å². The van der Waals surface area contributed by atoms with E-state index in [9.17, 15) is 9.59 Å². The second-order valence-electron chi connectivity index (χ2n) is 6.78. The molecule has 0 saturated carbocycles. The van der Waals surface area contributed by atoms with Crippen molar-refractivity contribution in [1.82, 2.24) is 4.98 Å². The van der Waals surface area contributed by atoms with Crippen LogP contribution in [0.5, 0.6) is 0 Å². The van der Waals surface area contributed by atoms with Gasteiger partial charge in [-0.15, -0.1) is 11.3 Å². The first kappa shape index (κ1) is 18.4. The van der Waals surface area contributed by atoms with Crippen molar-refractivity contribution in [3.8, 4) is 10.6 Å². The van der Waals surface area contributed by atoms with Gasteiger partial charge in [0.25, 0.3) is 5.91 Å². The molecule has 0 bridgehead atoms. The van der Waals surface area contributed by atoms with E-state index in [1.165, 1.54) is 22.5 Å². The van der Waals surface area contributed by atoms with Crippen LogP contribution in [0.2, 0.25) is 0 Å². The number of carbonyl (C=O) groups excluding carboxylic acids is 2. The van der Waals surface area contributed by atoms with Gasteiger partial charge in [0.05, 0.1) is 0 Å². The second kappa shape index (κ2) is 7.94.